The van der Waals surface area contributed by atoms with Gasteiger partial charge in [0, 0.05) is 30.4 Å². The van der Waals surface area contributed by atoms with E-state index < -0.39 is 0 Å². The van der Waals surface area contributed by atoms with E-state index >= 15 is 0 Å². The third kappa shape index (κ3) is 4.07. The second-order valence-corrected chi connectivity index (χ2v) is 7.75. The summed E-state index contributed by atoms with van der Waals surface area (Å²) in [6, 6.07) is 0. The minimum absolute atomic E-state index is 0.0620. The number of hydrogen-bond acceptors (Lipinski definition) is 3. The largest absolute Gasteiger partial charge is 0.311 e. The maximum absolute atomic E-state index is 4.47. The first-order chi connectivity index (χ1) is 9.83. The van der Waals surface area contributed by atoms with Gasteiger partial charge in [-0.05, 0) is 47.7 Å². The van der Waals surface area contributed by atoms with Crippen molar-refractivity contribution in [3.63, 3.8) is 0 Å². The molecule has 0 bridgehead atoms. The minimum atomic E-state index is 0.0620. The maximum Gasteiger partial charge on any atom is 0.0543 e. The fraction of sp³-hybridized carbons (Fsp3) is 0.824. The zero-order valence-corrected chi connectivity index (χ0v) is 14.4. The zero-order valence-electron chi connectivity index (χ0n) is 14.4. The summed E-state index contributed by atoms with van der Waals surface area (Å²) in [5, 5.41) is 8.13. The lowest BCUT2D eigenvalue weighted by molar-refractivity contribution is 0.0984. The molecule has 0 atom stereocenters. The van der Waals surface area contributed by atoms with Crippen LogP contribution in [-0.4, -0.2) is 40.9 Å². The maximum atomic E-state index is 4.47. The number of nitrogens with one attached hydrogen (secondary N) is 1. The van der Waals surface area contributed by atoms with Crippen molar-refractivity contribution in [1.29, 1.82) is 0 Å². The molecule has 2 rings (SSSR count). The molecule has 0 unspecified atom stereocenters. The van der Waals surface area contributed by atoms with Crippen molar-refractivity contribution in [3.05, 3.63) is 18.0 Å². The third-order valence-electron chi connectivity index (χ3n) is 4.84. The van der Waals surface area contributed by atoms with Gasteiger partial charge in [0.25, 0.3) is 0 Å². The van der Waals surface area contributed by atoms with Crippen molar-refractivity contribution in [2.75, 3.05) is 20.6 Å². The number of aromatic nitrogens is 2. The molecule has 4 heteroatoms. The normalized spacial score (nSPS) is 19.1. The fourth-order valence-electron chi connectivity index (χ4n) is 3.25. The van der Waals surface area contributed by atoms with Crippen LogP contribution in [0.5, 0.6) is 0 Å². The summed E-state index contributed by atoms with van der Waals surface area (Å²) < 4.78 is 2.05. The Bertz CT molecular complexity index is 436. The van der Waals surface area contributed by atoms with Gasteiger partial charge in [-0.1, -0.05) is 19.3 Å². The summed E-state index contributed by atoms with van der Waals surface area (Å²) >= 11 is 0. The van der Waals surface area contributed by atoms with E-state index in [0.717, 1.165) is 13.1 Å². The van der Waals surface area contributed by atoms with Crippen molar-refractivity contribution in [2.24, 2.45) is 0 Å². The van der Waals surface area contributed by atoms with Gasteiger partial charge < -0.3 is 10.2 Å². The molecular formula is C17H32N4. The second-order valence-electron chi connectivity index (χ2n) is 7.75. The Labute approximate surface area is 129 Å². The number of hydrogen-bond donors (Lipinski definition) is 1. The first-order valence-corrected chi connectivity index (χ1v) is 8.26. The van der Waals surface area contributed by atoms with Crippen LogP contribution in [0.3, 0.4) is 0 Å². The molecule has 1 heterocycles. The number of likely N-dealkylation sites (N-methyl/N-ethyl adjacent to an activating group) is 1. The molecule has 1 fully saturated rings. The van der Waals surface area contributed by atoms with E-state index in [2.05, 4.69) is 56.4 Å². The van der Waals surface area contributed by atoms with Gasteiger partial charge >= 0.3 is 0 Å². The average molecular weight is 292 g/mol. The Morgan fingerprint density at radius 3 is 2.43 bits per heavy atom. The second kappa shape index (κ2) is 6.49. The monoisotopic (exact) mass is 292 g/mol. The lowest BCUT2D eigenvalue weighted by Gasteiger charge is -2.43. The van der Waals surface area contributed by atoms with Gasteiger partial charge in [0.2, 0.25) is 0 Å². The molecule has 1 aliphatic rings. The highest BCUT2D eigenvalue weighted by Gasteiger charge is 2.33. The van der Waals surface area contributed by atoms with E-state index in [9.17, 15) is 0 Å². The van der Waals surface area contributed by atoms with Gasteiger partial charge in [0.05, 0.1) is 11.7 Å². The van der Waals surface area contributed by atoms with Crippen molar-refractivity contribution < 1.29 is 0 Å². The molecule has 4 nitrogen and oxygen atoms in total. The predicted molar refractivity (Wildman–Crippen MR) is 88.4 cm³/mol. The van der Waals surface area contributed by atoms with E-state index in [0.29, 0.717) is 5.54 Å². The standard InChI is InChI=1S/C17H32N4/c1-16(2,3)21-13-15(12-19-21)11-18-14-17(20(4)5)9-7-6-8-10-17/h12-13,18H,6-11,14H2,1-5H3. The van der Waals surface area contributed by atoms with Crippen LogP contribution in [0.15, 0.2) is 12.4 Å². The molecule has 120 valence electrons. The van der Waals surface area contributed by atoms with Gasteiger partial charge in [-0.25, -0.2) is 0 Å². The molecule has 0 spiro atoms. The molecule has 0 amide bonds. The van der Waals surface area contributed by atoms with E-state index in [1.54, 1.807) is 0 Å². The Morgan fingerprint density at radius 2 is 1.90 bits per heavy atom. The highest BCUT2D eigenvalue weighted by atomic mass is 15.3. The SMILES string of the molecule is CN(C)C1(CNCc2cnn(C(C)(C)C)c2)CCCCC1. The highest BCUT2D eigenvalue weighted by Crippen LogP contribution is 2.31. The number of rotatable bonds is 5. The minimum Gasteiger partial charge on any atom is -0.311 e. The van der Waals surface area contributed by atoms with Crippen molar-refractivity contribution in [3.8, 4) is 0 Å². The van der Waals surface area contributed by atoms with Crippen LogP contribution < -0.4 is 5.32 Å². The van der Waals surface area contributed by atoms with Gasteiger partial charge in [-0.2, -0.15) is 5.10 Å². The van der Waals surface area contributed by atoms with Crippen LogP contribution in [0.1, 0.15) is 58.4 Å². The van der Waals surface area contributed by atoms with E-state index in [4.69, 9.17) is 0 Å². The summed E-state index contributed by atoms with van der Waals surface area (Å²) in [5.41, 5.74) is 1.68. The molecule has 1 aliphatic carbocycles. The summed E-state index contributed by atoms with van der Waals surface area (Å²) in [6.45, 7) is 8.52. The molecule has 1 N–H and O–H groups in total. The Kier molecular flexibility index (Phi) is 5.10. The molecule has 1 saturated carbocycles. The topological polar surface area (TPSA) is 33.1 Å². The van der Waals surface area contributed by atoms with Gasteiger partial charge in [0.15, 0.2) is 0 Å². The van der Waals surface area contributed by atoms with Gasteiger partial charge in [-0.15, -0.1) is 0 Å². The first kappa shape index (κ1) is 16.5. The first-order valence-electron chi connectivity index (χ1n) is 8.26. The van der Waals surface area contributed by atoms with Gasteiger partial charge in [-0.3, -0.25) is 4.68 Å². The summed E-state index contributed by atoms with van der Waals surface area (Å²) in [7, 11) is 4.45. The summed E-state index contributed by atoms with van der Waals surface area (Å²) in [4.78, 5) is 2.43. The molecule has 21 heavy (non-hydrogen) atoms. The van der Waals surface area contributed by atoms with Gasteiger partial charge in [0.1, 0.15) is 0 Å². The molecular weight excluding hydrogens is 260 g/mol. The lowest BCUT2D eigenvalue weighted by atomic mass is 9.80. The van der Waals surface area contributed by atoms with E-state index in [-0.39, 0.29) is 5.54 Å². The van der Waals surface area contributed by atoms with Crippen LogP contribution >= 0.6 is 0 Å². The predicted octanol–water partition coefficient (Wildman–Crippen LogP) is 2.99. The summed E-state index contributed by atoms with van der Waals surface area (Å²) in [5.74, 6) is 0. The molecule has 0 aliphatic heterocycles. The smallest absolute Gasteiger partial charge is 0.0543 e. The van der Waals surface area contributed by atoms with Crippen LogP contribution in [0.25, 0.3) is 0 Å². The zero-order chi connectivity index (χ0) is 15.5. The Morgan fingerprint density at radius 1 is 1.24 bits per heavy atom. The highest BCUT2D eigenvalue weighted by molar-refractivity contribution is 5.05. The van der Waals surface area contributed by atoms with Crippen LogP contribution in [0, 0.1) is 0 Å². The van der Waals surface area contributed by atoms with E-state index in [1.165, 1.54) is 37.7 Å². The average Bonchev–Trinajstić information content (AvgIpc) is 2.88. The Balaban J connectivity index is 1.89. The molecule has 0 radical (unpaired) electrons. The lowest BCUT2D eigenvalue weighted by Crippen LogP contribution is -2.52. The van der Waals surface area contributed by atoms with Crippen molar-refractivity contribution >= 4 is 0 Å². The van der Waals surface area contributed by atoms with Crippen LogP contribution in [0.4, 0.5) is 0 Å². The molecule has 0 saturated heterocycles. The molecule has 0 aromatic carbocycles. The molecule has 1 aromatic heterocycles. The third-order valence-corrected chi connectivity index (χ3v) is 4.84. The van der Waals surface area contributed by atoms with Crippen molar-refractivity contribution in [2.45, 2.75) is 70.5 Å². The summed E-state index contributed by atoms with van der Waals surface area (Å²) in [6.07, 6.45) is 10.9. The molecule has 1 aromatic rings. The van der Waals surface area contributed by atoms with Crippen LogP contribution in [0.2, 0.25) is 0 Å². The van der Waals surface area contributed by atoms with Crippen LogP contribution in [-0.2, 0) is 12.1 Å². The Hall–Kier alpha value is -0.870. The fourth-order valence-corrected chi connectivity index (χ4v) is 3.25. The number of nitrogens with zero attached hydrogens (tertiary/aromatic N) is 3. The van der Waals surface area contributed by atoms with E-state index in [1.807, 2.05) is 10.9 Å². The van der Waals surface area contributed by atoms with Crippen molar-refractivity contribution in [1.82, 2.24) is 20.0 Å². The quantitative estimate of drug-likeness (QED) is 0.905.